The average molecular weight is 336 g/mol. The number of carbonyl (C=O) groups is 2. The Morgan fingerprint density at radius 1 is 1.26 bits per heavy atom. The Morgan fingerprint density at radius 2 is 1.96 bits per heavy atom. The number of aromatic nitrogens is 1. The molecule has 126 valence electrons. The van der Waals surface area contributed by atoms with Crippen molar-refractivity contribution < 1.29 is 14.3 Å². The van der Waals surface area contributed by atoms with E-state index in [0.717, 1.165) is 55.6 Å². The molecule has 2 atom stereocenters. The number of amides is 1. The molecule has 1 heterocycles. The summed E-state index contributed by atoms with van der Waals surface area (Å²) in [4.78, 5) is 29.4. The lowest BCUT2D eigenvalue weighted by Gasteiger charge is -2.30. The first-order valence-electron chi connectivity index (χ1n) is 8.38. The largest absolute Gasteiger partial charge is 0.469 e. The van der Waals surface area contributed by atoms with Crippen LogP contribution in [0.3, 0.4) is 0 Å². The van der Waals surface area contributed by atoms with E-state index in [9.17, 15) is 9.59 Å². The van der Waals surface area contributed by atoms with Gasteiger partial charge < -0.3 is 10.1 Å². The van der Waals surface area contributed by atoms with Crippen molar-refractivity contribution in [3.05, 3.63) is 16.1 Å². The van der Waals surface area contributed by atoms with E-state index in [1.807, 2.05) is 12.3 Å². The number of methoxy groups -OCH3 is 1. The summed E-state index contributed by atoms with van der Waals surface area (Å²) in [6, 6.07) is 0. The van der Waals surface area contributed by atoms with Crippen molar-refractivity contribution >= 4 is 23.2 Å². The number of rotatable bonds is 4. The Labute approximate surface area is 140 Å². The first kappa shape index (κ1) is 16.4. The summed E-state index contributed by atoms with van der Waals surface area (Å²) >= 11 is 1.62. The zero-order valence-electron chi connectivity index (χ0n) is 13.8. The van der Waals surface area contributed by atoms with E-state index in [1.54, 1.807) is 11.3 Å². The normalized spacial score (nSPS) is 26.2. The third kappa shape index (κ3) is 3.13. The molecular weight excluding hydrogens is 312 g/mol. The Bertz CT molecular complexity index is 592. The fourth-order valence-electron chi connectivity index (χ4n) is 3.98. The van der Waals surface area contributed by atoms with Crippen molar-refractivity contribution in [3.8, 4) is 0 Å². The quantitative estimate of drug-likeness (QED) is 0.859. The highest BCUT2D eigenvalue weighted by Gasteiger charge is 2.44. The van der Waals surface area contributed by atoms with Gasteiger partial charge in [0.25, 0.3) is 0 Å². The van der Waals surface area contributed by atoms with Crippen LogP contribution < -0.4 is 5.32 Å². The summed E-state index contributed by atoms with van der Waals surface area (Å²) in [7, 11) is 1.40. The van der Waals surface area contributed by atoms with Gasteiger partial charge in [0.1, 0.15) is 5.01 Å². The number of aryl methyl sites for hydroxylation is 1. The number of carbonyl (C=O) groups excluding carboxylic acids is 2. The molecule has 1 amide bonds. The average Bonchev–Trinajstić information content (AvgIpc) is 3.26. The lowest BCUT2D eigenvalue weighted by molar-refractivity contribution is -0.149. The lowest BCUT2D eigenvalue weighted by Crippen LogP contribution is -2.47. The van der Waals surface area contributed by atoms with Crippen LogP contribution in [0.1, 0.15) is 55.6 Å². The monoisotopic (exact) mass is 336 g/mol. The molecule has 0 aromatic carbocycles. The van der Waals surface area contributed by atoms with Crippen LogP contribution in [0.5, 0.6) is 0 Å². The van der Waals surface area contributed by atoms with Gasteiger partial charge in [-0.3, -0.25) is 9.59 Å². The van der Waals surface area contributed by atoms with Gasteiger partial charge >= 0.3 is 5.97 Å². The number of nitrogens with zero attached hydrogens (tertiary/aromatic N) is 1. The smallest absolute Gasteiger partial charge is 0.309 e. The minimum Gasteiger partial charge on any atom is -0.469 e. The number of ether oxygens (including phenoxy) is 1. The molecule has 3 rings (SSSR count). The molecule has 2 aliphatic carbocycles. The summed E-state index contributed by atoms with van der Waals surface area (Å²) < 4.78 is 4.87. The molecule has 2 unspecified atom stereocenters. The van der Waals surface area contributed by atoms with Crippen LogP contribution in [0.15, 0.2) is 5.38 Å². The molecule has 1 aromatic rings. The second-order valence-electron chi connectivity index (χ2n) is 6.74. The maximum atomic E-state index is 12.9. The van der Waals surface area contributed by atoms with Crippen LogP contribution in [-0.2, 0) is 19.9 Å². The second kappa shape index (κ2) is 6.59. The van der Waals surface area contributed by atoms with Crippen LogP contribution in [0.2, 0.25) is 0 Å². The van der Waals surface area contributed by atoms with E-state index < -0.39 is 0 Å². The van der Waals surface area contributed by atoms with Gasteiger partial charge in [-0.25, -0.2) is 4.98 Å². The highest BCUT2D eigenvalue weighted by Crippen LogP contribution is 2.41. The molecule has 0 radical (unpaired) electrons. The molecule has 5 nitrogen and oxygen atoms in total. The molecule has 1 aromatic heterocycles. The summed E-state index contributed by atoms with van der Waals surface area (Å²) in [6.07, 6.45) is 6.48. The molecule has 0 saturated heterocycles. The Balaban J connectivity index is 1.78. The molecule has 1 N–H and O–H groups in total. The third-order valence-electron chi connectivity index (χ3n) is 5.20. The highest BCUT2D eigenvalue weighted by molar-refractivity contribution is 7.09. The number of thiazole rings is 1. The molecule has 6 heteroatoms. The molecule has 2 fully saturated rings. The lowest BCUT2D eigenvalue weighted by atomic mass is 9.92. The van der Waals surface area contributed by atoms with Gasteiger partial charge in [-0.15, -0.1) is 11.3 Å². The van der Waals surface area contributed by atoms with Crippen molar-refractivity contribution in [2.24, 2.45) is 11.8 Å². The van der Waals surface area contributed by atoms with E-state index in [0.29, 0.717) is 0 Å². The summed E-state index contributed by atoms with van der Waals surface area (Å²) in [5, 5.41) is 6.32. The molecule has 23 heavy (non-hydrogen) atoms. The number of nitrogens with one attached hydrogen (secondary N) is 1. The van der Waals surface area contributed by atoms with E-state index in [2.05, 4.69) is 10.3 Å². The van der Waals surface area contributed by atoms with Crippen molar-refractivity contribution in [2.45, 2.75) is 57.4 Å². The zero-order valence-corrected chi connectivity index (χ0v) is 14.6. The number of esters is 1. The summed E-state index contributed by atoms with van der Waals surface area (Å²) in [5.41, 5.74) is 0.665. The van der Waals surface area contributed by atoms with Crippen molar-refractivity contribution in [2.75, 3.05) is 7.11 Å². The summed E-state index contributed by atoms with van der Waals surface area (Å²) in [5.74, 6) is -0.821. The van der Waals surface area contributed by atoms with Crippen molar-refractivity contribution in [1.82, 2.24) is 10.3 Å². The maximum absolute atomic E-state index is 12.9. The molecule has 2 aliphatic rings. The van der Waals surface area contributed by atoms with Gasteiger partial charge in [-0.1, -0.05) is 19.3 Å². The van der Waals surface area contributed by atoms with Crippen LogP contribution >= 0.6 is 11.3 Å². The standard InChI is InChI=1S/C17H24N2O3S/c1-11-10-23-16(18-11)17(8-3-4-9-17)19-14(20)12-6-5-7-13(12)15(21)22-2/h10,12-13H,3-9H2,1-2H3,(H,19,20). The van der Waals surface area contributed by atoms with E-state index in [-0.39, 0.29) is 29.3 Å². The van der Waals surface area contributed by atoms with Crippen molar-refractivity contribution in [1.29, 1.82) is 0 Å². The SMILES string of the molecule is COC(=O)C1CCCC1C(=O)NC1(c2nc(C)cs2)CCCC1. The fraction of sp³-hybridized carbons (Fsp3) is 0.706. The van der Waals surface area contributed by atoms with Gasteiger partial charge in [-0.2, -0.15) is 0 Å². The van der Waals surface area contributed by atoms with Gasteiger partial charge in [-0.05, 0) is 32.6 Å². The Kier molecular flexibility index (Phi) is 4.71. The van der Waals surface area contributed by atoms with E-state index >= 15 is 0 Å². The van der Waals surface area contributed by atoms with Gasteiger partial charge in [0, 0.05) is 11.1 Å². The maximum Gasteiger partial charge on any atom is 0.309 e. The van der Waals surface area contributed by atoms with Gasteiger partial charge in [0.05, 0.1) is 24.5 Å². The predicted molar refractivity (Wildman–Crippen MR) is 88.0 cm³/mol. The highest BCUT2D eigenvalue weighted by atomic mass is 32.1. The number of hydrogen-bond acceptors (Lipinski definition) is 5. The fourth-order valence-corrected chi connectivity index (χ4v) is 4.99. The Hall–Kier alpha value is -1.43. The topological polar surface area (TPSA) is 68.3 Å². The van der Waals surface area contributed by atoms with Crippen LogP contribution in [0, 0.1) is 18.8 Å². The van der Waals surface area contributed by atoms with Crippen LogP contribution in [-0.4, -0.2) is 24.0 Å². The first-order chi connectivity index (χ1) is 11.1. The summed E-state index contributed by atoms with van der Waals surface area (Å²) in [6.45, 7) is 1.98. The Morgan fingerprint density at radius 3 is 2.57 bits per heavy atom. The third-order valence-corrected chi connectivity index (χ3v) is 6.37. The minimum absolute atomic E-state index is 0.00680. The van der Waals surface area contributed by atoms with Gasteiger partial charge in [0.2, 0.25) is 5.91 Å². The predicted octanol–water partition coefficient (Wildman–Crippen LogP) is 2.93. The van der Waals surface area contributed by atoms with E-state index in [4.69, 9.17) is 4.74 Å². The first-order valence-corrected chi connectivity index (χ1v) is 9.26. The van der Waals surface area contributed by atoms with Gasteiger partial charge in [0.15, 0.2) is 0 Å². The molecule has 0 spiro atoms. The molecule has 2 saturated carbocycles. The molecule has 0 bridgehead atoms. The zero-order chi connectivity index (χ0) is 16.4. The number of hydrogen-bond donors (Lipinski definition) is 1. The van der Waals surface area contributed by atoms with E-state index in [1.165, 1.54) is 7.11 Å². The van der Waals surface area contributed by atoms with Crippen LogP contribution in [0.25, 0.3) is 0 Å². The molecule has 0 aliphatic heterocycles. The molecular formula is C17H24N2O3S. The van der Waals surface area contributed by atoms with Crippen molar-refractivity contribution in [3.63, 3.8) is 0 Å². The van der Waals surface area contributed by atoms with Crippen LogP contribution in [0.4, 0.5) is 0 Å². The minimum atomic E-state index is -0.334. The second-order valence-corrected chi connectivity index (χ2v) is 7.60.